The molecule has 3 N–H and O–H groups in total. The molecular formula is C18H23N5O5. The number of hydrogen-bond donors (Lipinski definition) is 3. The van der Waals surface area contributed by atoms with Gasteiger partial charge in [0.2, 0.25) is 5.91 Å². The summed E-state index contributed by atoms with van der Waals surface area (Å²) in [5.74, 6) is -0.373. The van der Waals surface area contributed by atoms with Gasteiger partial charge in [0.15, 0.2) is 6.29 Å². The Kier molecular flexibility index (Phi) is 6.47. The molecule has 2 aromatic heterocycles. The van der Waals surface area contributed by atoms with Gasteiger partial charge in [-0.1, -0.05) is 17.4 Å². The summed E-state index contributed by atoms with van der Waals surface area (Å²) in [6.45, 7) is 5.17. The number of aliphatic hydroxyl groups is 2. The molecule has 1 aliphatic rings. The van der Waals surface area contributed by atoms with Crippen molar-refractivity contribution in [1.29, 1.82) is 0 Å². The second-order valence-electron chi connectivity index (χ2n) is 6.41. The molecule has 0 aliphatic carbocycles. The van der Waals surface area contributed by atoms with Crippen LogP contribution < -0.4 is 5.32 Å². The molecule has 0 aromatic carbocycles. The van der Waals surface area contributed by atoms with Gasteiger partial charge in [0.05, 0.1) is 25.0 Å². The highest BCUT2D eigenvalue weighted by atomic mass is 16.7. The van der Waals surface area contributed by atoms with Gasteiger partial charge in [-0.15, -0.1) is 11.7 Å². The van der Waals surface area contributed by atoms with Crippen molar-refractivity contribution >= 4 is 5.91 Å². The number of rotatable bonds is 7. The first-order chi connectivity index (χ1) is 13.5. The van der Waals surface area contributed by atoms with Crippen molar-refractivity contribution in [3.05, 3.63) is 43.2 Å². The third-order valence-electron chi connectivity index (χ3n) is 4.28. The lowest BCUT2D eigenvalue weighted by Gasteiger charge is -2.42. The van der Waals surface area contributed by atoms with Crippen LogP contribution in [-0.2, 0) is 20.8 Å². The molecule has 28 heavy (non-hydrogen) atoms. The van der Waals surface area contributed by atoms with Crippen LogP contribution in [0.3, 0.4) is 0 Å². The SMILES string of the molecule is C=CCO[C@H]1O[C@H](Cn2cc(-c3ccccn3)nn2)[C@H](O)[C@H](O)[C@H]1NC(C)=O. The van der Waals surface area contributed by atoms with Gasteiger partial charge in [-0.2, -0.15) is 0 Å². The molecule has 0 saturated carbocycles. The number of aliphatic hydroxyl groups excluding tert-OH is 2. The minimum atomic E-state index is -1.28. The summed E-state index contributed by atoms with van der Waals surface area (Å²) in [5.41, 5.74) is 1.24. The number of aromatic nitrogens is 4. The number of nitrogens with one attached hydrogen (secondary N) is 1. The maximum atomic E-state index is 11.4. The summed E-state index contributed by atoms with van der Waals surface area (Å²) in [6.07, 6.45) is 0.528. The van der Waals surface area contributed by atoms with Crippen molar-refractivity contribution < 1.29 is 24.5 Å². The van der Waals surface area contributed by atoms with Gasteiger partial charge < -0.3 is 25.0 Å². The van der Waals surface area contributed by atoms with Gasteiger partial charge in [0.1, 0.15) is 30.0 Å². The predicted molar refractivity (Wildman–Crippen MR) is 97.7 cm³/mol. The van der Waals surface area contributed by atoms with E-state index in [9.17, 15) is 15.0 Å². The molecule has 2 aromatic rings. The second-order valence-corrected chi connectivity index (χ2v) is 6.41. The maximum absolute atomic E-state index is 11.4. The summed E-state index contributed by atoms with van der Waals surface area (Å²) < 4.78 is 12.8. The zero-order chi connectivity index (χ0) is 20.1. The smallest absolute Gasteiger partial charge is 0.217 e. The lowest BCUT2D eigenvalue weighted by atomic mass is 9.96. The van der Waals surface area contributed by atoms with E-state index < -0.39 is 30.6 Å². The Bertz CT molecular complexity index is 799. The van der Waals surface area contributed by atoms with Crippen molar-refractivity contribution in [2.24, 2.45) is 0 Å². The Morgan fingerprint density at radius 1 is 1.39 bits per heavy atom. The Morgan fingerprint density at radius 3 is 2.89 bits per heavy atom. The number of carbonyl (C=O) groups excluding carboxylic acids is 1. The van der Waals surface area contributed by atoms with E-state index in [1.165, 1.54) is 17.7 Å². The van der Waals surface area contributed by atoms with E-state index in [-0.39, 0.29) is 19.1 Å². The highest BCUT2D eigenvalue weighted by Crippen LogP contribution is 2.24. The molecule has 0 bridgehead atoms. The van der Waals surface area contributed by atoms with Gasteiger partial charge in [-0.05, 0) is 12.1 Å². The summed E-state index contributed by atoms with van der Waals surface area (Å²) in [6, 6.07) is 4.54. The van der Waals surface area contributed by atoms with E-state index in [0.29, 0.717) is 11.4 Å². The molecular weight excluding hydrogens is 366 g/mol. The zero-order valence-corrected chi connectivity index (χ0v) is 15.4. The molecule has 150 valence electrons. The molecule has 10 heteroatoms. The monoisotopic (exact) mass is 389 g/mol. The van der Waals surface area contributed by atoms with E-state index >= 15 is 0 Å². The molecule has 10 nitrogen and oxygen atoms in total. The Labute approximate surface area is 161 Å². The van der Waals surface area contributed by atoms with Gasteiger partial charge in [0.25, 0.3) is 0 Å². The van der Waals surface area contributed by atoms with Crippen molar-refractivity contribution in [3.8, 4) is 11.4 Å². The van der Waals surface area contributed by atoms with Gasteiger partial charge >= 0.3 is 0 Å². The molecule has 3 heterocycles. The number of carbonyl (C=O) groups is 1. The van der Waals surface area contributed by atoms with Gasteiger partial charge in [-0.25, -0.2) is 4.68 Å². The fourth-order valence-electron chi connectivity index (χ4n) is 2.98. The van der Waals surface area contributed by atoms with E-state index in [1.807, 2.05) is 6.07 Å². The van der Waals surface area contributed by atoms with E-state index in [1.54, 1.807) is 24.5 Å². The van der Waals surface area contributed by atoms with E-state index in [4.69, 9.17) is 9.47 Å². The summed E-state index contributed by atoms with van der Waals surface area (Å²) in [7, 11) is 0. The lowest BCUT2D eigenvalue weighted by molar-refractivity contribution is -0.264. The third kappa shape index (κ3) is 4.60. The number of ether oxygens (including phenoxy) is 2. The Balaban J connectivity index is 1.73. The summed E-state index contributed by atoms with van der Waals surface area (Å²) in [4.78, 5) is 15.6. The summed E-state index contributed by atoms with van der Waals surface area (Å²) >= 11 is 0. The van der Waals surface area contributed by atoms with Crippen LogP contribution in [0.1, 0.15) is 6.92 Å². The van der Waals surface area contributed by atoms with Crippen LogP contribution in [0.2, 0.25) is 0 Å². The quantitative estimate of drug-likeness (QED) is 0.540. The summed E-state index contributed by atoms with van der Waals surface area (Å²) in [5, 5.41) is 31.6. The second kappa shape index (κ2) is 9.02. The van der Waals surface area contributed by atoms with Gasteiger partial charge in [0, 0.05) is 13.1 Å². The predicted octanol–water partition coefficient (Wildman–Crippen LogP) is -0.506. The highest BCUT2D eigenvalue weighted by molar-refractivity contribution is 5.73. The molecule has 0 spiro atoms. The van der Waals surface area contributed by atoms with Crippen LogP contribution in [0.4, 0.5) is 0 Å². The highest BCUT2D eigenvalue weighted by Gasteiger charge is 2.45. The Hall–Kier alpha value is -2.66. The number of amides is 1. The maximum Gasteiger partial charge on any atom is 0.217 e. The van der Waals surface area contributed by atoms with Crippen molar-refractivity contribution in [3.63, 3.8) is 0 Å². The standard InChI is InChI=1S/C18H23N5O5/c1-3-8-27-18-15(20-11(2)24)17(26)16(25)14(28-18)10-23-9-13(21-22-23)12-6-4-5-7-19-12/h3-7,9,14-18,25-26H,1,8,10H2,2H3,(H,20,24)/t14-,15-,16+,17-,18+/m1/s1. The van der Waals surface area contributed by atoms with Crippen LogP contribution in [0.25, 0.3) is 11.4 Å². The molecule has 1 aliphatic heterocycles. The molecule has 1 amide bonds. The van der Waals surface area contributed by atoms with Crippen LogP contribution in [0, 0.1) is 0 Å². The Morgan fingerprint density at radius 2 is 2.21 bits per heavy atom. The average molecular weight is 389 g/mol. The largest absolute Gasteiger partial charge is 0.388 e. The number of hydrogen-bond acceptors (Lipinski definition) is 8. The first-order valence-corrected chi connectivity index (χ1v) is 8.82. The first kappa shape index (κ1) is 20.1. The fraction of sp³-hybridized carbons (Fsp3) is 0.444. The van der Waals surface area contributed by atoms with Crippen LogP contribution in [-0.4, -0.2) is 73.3 Å². The third-order valence-corrected chi connectivity index (χ3v) is 4.28. The molecule has 1 saturated heterocycles. The van der Waals surface area contributed by atoms with Crippen molar-refractivity contribution in [1.82, 2.24) is 25.3 Å². The van der Waals surface area contributed by atoms with Crippen molar-refractivity contribution in [2.45, 2.75) is 44.1 Å². The molecule has 0 unspecified atom stereocenters. The zero-order valence-electron chi connectivity index (χ0n) is 15.4. The number of pyridine rings is 1. The van der Waals surface area contributed by atoms with E-state index in [0.717, 1.165) is 0 Å². The van der Waals surface area contributed by atoms with Gasteiger partial charge in [-0.3, -0.25) is 9.78 Å². The average Bonchev–Trinajstić information content (AvgIpc) is 3.15. The topological polar surface area (TPSA) is 132 Å². The minimum absolute atomic E-state index is 0.124. The molecule has 3 rings (SSSR count). The van der Waals surface area contributed by atoms with Crippen molar-refractivity contribution in [2.75, 3.05) is 6.61 Å². The molecule has 5 atom stereocenters. The lowest BCUT2D eigenvalue weighted by Crippen LogP contribution is -2.64. The van der Waals surface area contributed by atoms with E-state index in [2.05, 4.69) is 27.2 Å². The van der Waals surface area contributed by atoms with Crippen LogP contribution in [0.15, 0.2) is 43.2 Å². The first-order valence-electron chi connectivity index (χ1n) is 8.82. The molecule has 0 radical (unpaired) electrons. The number of nitrogens with zero attached hydrogens (tertiary/aromatic N) is 4. The fourth-order valence-corrected chi connectivity index (χ4v) is 2.98. The van der Waals surface area contributed by atoms with Crippen LogP contribution >= 0.6 is 0 Å². The van der Waals surface area contributed by atoms with Crippen LogP contribution in [0.5, 0.6) is 0 Å². The normalized spacial score (nSPS) is 27.3. The molecule has 1 fully saturated rings. The minimum Gasteiger partial charge on any atom is -0.388 e.